The van der Waals surface area contributed by atoms with Crippen LogP contribution < -0.4 is 15.1 Å². The van der Waals surface area contributed by atoms with Gasteiger partial charge >= 0.3 is 0 Å². The zero-order chi connectivity index (χ0) is 14.7. The fourth-order valence-corrected chi connectivity index (χ4v) is 3.47. The molecule has 3 heteroatoms. The lowest BCUT2D eigenvalue weighted by atomic mass is 10.1. The van der Waals surface area contributed by atoms with Gasteiger partial charge in [0.05, 0.1) is 0 Å². The molecule has 0 aliphatic carbocycles. The summed E-state index contributed by atoms with van der Waals surface area (Å²) in [5, 5.41) is 3.62. The van der Waals surface area contributed by atoms with E-state index in [4.69, 9.17) is 0 Å². The highest BCUT2D eigenvalue weighted by atomic mass is 15.2. The van der Waals surface area contributed by atoms with E-state index in [-0.39, 0.29) is 0 Å². The quantitative estimate of drug-likeness (QED) is 0.901. The normalized spacial score (nSPS) is 27.5. The minimum atomic E-state index is 0.624. The Kier molecular flexibility index (Phi) is 4.69. The van der Waals surface area contributed by atoms with E-state index < -0.39 is 0 Å². The number of nitrogens with zero attached hydrogens (tertiary/aromatic N) is 2. The smallest absolute Gasteiger partial charge is 0.0367 e. The number of nitrogens with one attached hydrogen (secondary N) is 1. The SMILES string of the molecule is CC1CNC(C)CCN(c2ccc(N3CCCC3)cc2)C1. The molecule has 2 fully saturated rings. The molecule has 2 aliphatic heterocycles. The highest BCUT2D eigenvalue weighted by Crippen LogP contribution is 2.25. The highest BCUT2D eigenvalue weighted by molar-refractivity contribution is 5.56. The van der Waals surface area contributed by atoms with Crippen LogP contribution in [0.25, 0.3) is 0 Å². The van der Waals surface area contributed by atoms with Gasteiger partial charge in [0.25, 0.3) is 0 Å². The second-order valence-corrected chi connectivity index (χ2v) is 6.86. The Balaban J connectivity index is 1.69. The van der Waals surface area contributed by atoms with Crippen LogP contribution in [0.2, 0.25) is 0 Å². The number of benzene rings is 1. The second-order valence-electron chi connectivity index (χ2n) is 6.86. The molecule has 0 radical (unpaired) electrons. The Morgan fingerprint density at radius 1 is 0.905 bits per heavy atom. The first kappa shape index (κ1) is 14.7. The fraction of sp³-hybridized carbons (Fsp3) is 0.667. The number of rotatable bonds is 2. The third-order valence-corrected chi connectivity index (χ3v) is 4.86. The van der Waals surface area contributed by atoms with Crippen molar-refractivity contribution < 1.29 is 0 Å². The summed E-state index contributed by atoms with van der Waals surface area (Å²) in [7, 11) is 0. The molecule has 0 saturated carbocycles. The second kappa shape index (κ2) is 6.69. The summed E-state index contributed by atoms with van der Waals surface area (Å²) >= 11 is 0. The molecule has 1 aromatic carbocycles. The minimum absolute atomic E-state index is 0.624. The molecule has 0 amide bonds. The number of hydrogen-bond donors (Lipinski definition) is 1. The topological polar surface area (TPSA) is 18.5 Å². The van der Waals surface area contributed by atoms with Crippen LogP contribution in [0.15, 0.2) is 24.3 Å². The van der Waals surface area contributed by atoms with Crippen LogP contribution in [-0.4, -0.2) is 38.8 Å². The van der Waals surface area contributed by atoms with Gasteiger partial charge in [0, 0.05) is 43.6 Å². The van der Waals surface area contributed by atoms with Gasteiger partial charge in [0.1, 0.15) is 0 Å². The Labute approximate surface area is 129 Å². The van der Waals surface area contributed by atoms with E-state index in [0.717, 1.165) is 19.6 Å². The molecule has 21 heavy (non-hydrogen) atoms. The molecule has 1 N–H and O–H groups in total. The van der Waals surface area contributed by atoms with Crippen LogP contribution in [0.3, 0.4) is 0 Å². The minimum Gasteiger partial charge on any atom is -0.372 e. The Morgan fingerprint density at radius 3 is 2.19 bits per heavy atom. The predicted octanol–water partition coefficient (Wildman–Crippen LogP) is 3.11. The average molecular weight is 287 g/mol. The molecule has 2 aliphatic rings. The fourth-order valence-electron chi connectivity index (χ4n) is 3.47. The molecule has 0 spiro atoms. The van der Waals surface area contributed by atoms with Gasteiger partial charge in [-0.2, -0.15) is 0 Å². The Morgan fingerprint density at radius 2 is 1.52 bits per heavy atom. The lowest BCUT2D eigenvalue weighted by Crippen LogP contribution is -2.42. The van der Waals surface area contributed by atoms with Crippen molar-refractivity contribution >= 4 is 11.4 Å². The van der Waals surface area contributed by atoms with E-state index in [9.17, 15) is 0 Å². The first-order valence-electron chi connectivity index (χ1n) is 8.56. The third kappa shape index (κ3) is 3.70. The van der Waals surface area contributed by atoms with Gasteiger partial charge in [0.15, 0.2) is 0 Å². The molecular weight excluding hydrogens is 258 g/mol. The number of anilines is 2. The van der Waals surface area contributed by atoms with Crippen LogP contribution in [0, 0.1) is 5.92 Å². The van der Waals surface area contributed by atoms with Gasteiger partial charge in [-0.25, -0.2) is 0 Å². The first-order valence-corrected chi connectivity index (χ1v) is 8.56. The van der Waals surface area contributed by atoms with Crippen LogP contribution in [0.1, 0.15) is 33.1 Å². The van der Waals surface area contributed by atoms with Crippen LogP contribution in [0.4, 0.5) is 11.4 Å². The summed E-state index contributed by atoms with van der Waals surface area (Å²) in [6, 6.07) is 9.89. The summed E-state index contributed by atoms with van der Waals surface area (Å²) in [4.78, 5) is 5.07. The van der Waals surface area contributed by atoms with E-state index in [0.29, 0.717) is 12.0 Å². The molecule has 1 aromatic rings. The Hall–Kier alpha value is -1.22. The molecule has 2 heterocycles. The van der Waals surface area contributed by atoms with E-state index in [1.165, 1.54) is 43.7 Å². The van der Waals surface area contributed by atoms with Gasteiger partial charge < -0.3 is 15.1 Å². The van der Waals surface area contributed by atoms with Gasteiger partial charge in [-0.15, -0.1) is 0 Å². The maximum atomic E-state index is 3.62. The summed E-state index contributed by atoms with van der Waals surface area (Å²) in [5.41, 5.74) is 2.78. The molecular formula is C18H29N3. The summed E-state index contributed by atoms with van der Waals surface area (Å²) in [6.07, 6.45) is 3.91. The van der Waals surface area contributed by atoms with Crippen molar-refractivity contribution in [2.75, 3.05) is 42.5 Å². The lowest BCUT2D eigenvalue weighted by Gasteiger charge is -2.33. The van der Waals surface area contributed by atoms with Gasteiger partial charge in [-0.05, 0) is 62.9 Å². The molecule has 3 nitrogen and oxygen atoms in total. The molecule has 116 valence electrons. The average Bonchev–Trinajstić information content (AvgIpc) is 3.02. The van der Waals surface area contributed by atoms with Crippen molar-refractivity contribution in [3.8, 4) is 0 Å². The highest BCUT2D eigenvalue weighted by Gasteiger charge is 2.17. The van der Waals surface area contributed by atoms with Gasteiger partial charge in [-0.1, -0.05) is 6.92 Å². The third-order valence-electron chi connectivity index (χ3n) is 4.86. The maximum Gasteiger partial charge on any atom is 0.0367 e. The zero-order valence-corrected chi connectivity index (χ0v) is 13.5. The van der Waals surface area contributed by atoms with Crippen molar-refractivity contribution in [3.05, 3.63) is 24.3 Å². The van der Waals surface area contributed by atoms with Crippen LogP contribution in [0.5, 0.6) is 0 Å². The molecule has 0 bridgehead atoms. The zero-order valence-electron chi connectivity index (χ0n) is 13.5. The molecule has 2 atom stereocenters. The van der Waals surface area contributed by atoms with Crippen molar-refractivity contribution in [2.45, 2.75) is 39.2 Å². The van der Waals surface area contributed by atoms with Crippen molar-refractivity contribution in [1.29, 1.82) is 0 Å². The standard InChI is InChI=1S/C18H29N3/c1-15-13-19-16(2)9-12-21(14-15)18-7-5-17(6-8-18)20-10-3-4-11-20/h5-8,15-16,19H,3-4,9-14H2,1-2H3. The van der Waals surface area contributed by atoms with E-state index in [1.54, 1.807) is 0 Å². The van der Waals surface area contributed by atoms with Crippen LogP contribution >= 0.6 is 0 Å². The molecule has 0 aromatic heterocycles. The van der Waals surface area contributed by atoms with Crippen molar-refractivity contribution in [1.82, 2.24) is 5.32 Å². The van der Waals surface area contributed by atoms with Crippen molar-refractivity contribution in [3.63, 3.8) is 0 Å². The largest absolute Gasteiger partial charge is 0.372 e. The first-order chi connectivity index (χ1) is 10.2. The van der Waals surface area contributed by atoms with Gasteiger partial charge in [-0.3, -0.25) is 0 Å². The predicted molar refractivity (Wildman–Crippen MR) is 91.3 cm³/mol. The van der Waals surface area contributed by atoms with Gasteiger partial charge in [0.2, 0.25) is 0 Å². The van der Waals surface area contributed by atoms with E-state index in [1.807, 2.05) is 0 Å². The molecule has 2 unspecified atom stereocenters. The van der Waals surface area contributed by atoms with Crippen molar-refractivity contribution in [2.24, 2.45) is 5.92 Å². The van der Waals surface area contributed by atoms with E-state index in [2.05, 4.69) is 53.2 Å². The monoisotopic (exact) mass is 287 g/mol. The molecule has 2 saturated heterocycles. The Bertz CT molecular complexity index is 436. The van der Waals surface area contributed by atoms with Crippen LogP contribution in [-0.2, 0) is 0 Å². The lowest BCUT2D eigenvalue weighted by molar-refractivity contribution is 0.411. The summed E-state index contributed by atoms with van der Waals surface area (Å²) in [5.74, 6) is 0.700. The summed E-state index contributed by atoms with van der Waals surface area (Å²) in [6.45, 7) is 10.5. The van der Waals surface area contributed by atoms with E-state index >= 15 is 0 Å². The summed E-state index contributed by atoms with van der Waals surface area (Å²) < 4.78 is 0. The molecule has 3 rings (SSSR count). The number of hydrogen-bond acceptors (Lipinski definition) is 3. The maximum absolute atomic E-state index is 3.62.